The summed E-state index contributed by atoms with van der Waals surface area (Å²) >= 11 is 4.71. The van der Waals surface area contributed by atoms with Gasteiger partial charge in [0.05, 0.1) is 94.0 Å². The van der Waals surface area contributed by atoms with E-state index in [1.165, 1.54) is 94.7 Å². The van der Waals surface area contributed by atoms with Crippen LogP contribution in [0.3, 0.4) is 0 Å². The first-order valence-electron chi connectivity index (χ1n) is 49.0. The molecule has 8 aliphatic rings. The number of nitrogens with two attached hydrogens (primary N) is 5. The van der Waals surface area contributed by atoms with Gasteiger partial charge in [0.25, 0.3) is 0 Å². The number of benzene rings is 1. The average Bonchev–Trinajstić information content (AvgIpc) is 1.67. The molecule has 5 aliphatic carbocycles. The van der Waals surface area contributed by atoms with E-state index in [9.17, 15) is 24.0 Å². The number of carbonyl (C=O) groups is 5. The van der Waals surface area contributed by atoms with Gasteiger partial charge in [-0.15, -0.1) is 34.0 Å². The van der Waals surface area contributed by atoms with Crippen molar-refractivity contribution in [2.45, 2.75) is 139 Å². The van der Waals surface area contributed by atoms with Crippen LogP contribution in [0.4, 0.5) is 5.69 Å². The minimum atomic E-state index is -0.699. The van der Waals surface area contributed by atoms with Gasteiger partial charge in [-0.2, -0.15) is 35.7 Å². The fraction of sp³-hybridized carbons (Fsp3) is 0.212. The zero-order valence-corrected chi connectivity index (χ0v) is 82.0. The van der Waals surface area contributed by atoms with Crippen LogP contribution in [-0.2, 0) is 49.9 Å². The van der Waals surface area contributed by atoms with E-state index in [1.54, 1.807) is 79.7 Å². The van der Waals surface area contributed by atoms with Crippen molar-refractivity contribution < 1.29 is 24.0 Å². The molecule has 740 valence electrons. The second kappa shape index (κ2) is 37.0. The van der Waals surface area contributed by atoms with Gasteiger partial charge in [-0.25, -0.2) is 53.9 Å². The molecule has 1 aromatic carbocycles. The van der Waals surface area contributed by atoms with Crippen LogP contribution in [-0.4, -0.2) is 180 Å². The number of imidazole rings is 7. The van der Waals surface area contributed by atoms with E-state index >= 15 is 0 Å². The highest BCUT2D eigenvalue weighted by Crippen LogP contribution is 2.47. The topological polar surface area (TPSA) is 511 Å². The molecule has 0 spiro atoms. The van der Waals surface area contributed by atoms with Gasteiger partial charge in [-0.1, -0.05) is 6.07 Å². The zero-order chi connectivity index (χ0) is 101. The Hall–Kier alpha value is -18.4. The number of hydrogen-bond acceptors (Lipinski definition) is 26. The van der Waals surface area contributed by atoms with Crippen LogP contribution in [0.5, 0.6) is 0 Å². The van der Waals surface area contributed by atoms with Crippen molar-refractivity contribution in [2.75, 3.05) is 5.32 Å². The van der Waals surface area contributed by atoms with E-state index in [2.05, 4.69) is 81.4 Å². The summed E-state index contributed by atoms with van der Waals surface area (Å²) in [6, 6.07) is 33.7. The van der Waals surface area contributed by atoms with Crippen molar-refractivity contribution in [2.24, 2.45) is 33.7 Å². The number of rotatable bonds is 24. The van der Waals surface area contributed by atoms with E-state index in [4.69, 9.17) is 79.1 Å². The maximum Gasteiger partial charge on any atom is 0.246 e. The first kappa shape index (κ1) is 90.6. The van der Waals surface area contributed by atoms with Gasteiger partial charge in [0.1, 0.15) is 92.5 Å². The Morgan fingerprint density at radius 3 is 1.25 bits per heavy atom. The number of aromatic nitrogens is 30. The Labute approximate surface area is 856 Å². The monoisotopic (exact) mass is 2030 g/mol. The summed E-state index contributed by atoms with van der Waals surface area (Å²) in [5.41, 5.74) is 52.6. The molecule has 0 bridgehead atoms. The fourth-order valence-electron chi connectivity index (χ4n) is 19.7. The quantitative estimate of drug-likeness (QED) is 0.0306. The first-order valence-corrected chi connectivity index (χ1v) is 51.6. The largest absolute Gasteiger partial charge is 0.368 e. The first-order chi connectivity index (χ1) is 72.9. The van der Waals surface area contributed by atoms with Crippen molar-refractivity contribution in [3.63, 3.8) is 0 Å². The van der Waals surface area contributed by atoms with Gasteiger partial charge in [0.2, 0.25) is 29.5 Å². The number of fused-ring (bicyclic) bond motifs is 10. The highest BCUT2D eigenvalue weighted by molar-refractivity contribution is 7.15. The molecule has 21 aromatic heterocycles. The lowest BCUT2D eigenvalue weighted by atomic mass is 9.98. The molecule has 45 heteroatoms. The maximum absolute atomic E-state index is 11.9. The molecular formula is C104H91N37O5S3. The highest BCUT2D eigenvalue weighted by Gasteiger charge is 2.36. The van der Waals surface area contributed by atoms with Crippen LogP contribution in [0.2, 0.25) is 0 Å². The lowest BCUT2D eigenvalue weighted by Gasteiger charge is -2.19. The third kappa shape index (κ3) is 17.3. The van der Waals surface area contributed by atoms with Crippen LogP contribution in [0.25, 0.3) is 175 Å². The number of aliphatic imine (C=N–C) groups is 1. The van der Waals surface area contributed by atoms with Crippen molar-refractivity contribution in [1.29, 1.82) is 0 Å². The number of hydrogen-bond donors (Lipinski definition) is 6. The minimum Gasteiger partial charge on any atom is -0.368 e. The van der Waals surface area contributed by atoms with Crippen LogP contribution in [0, 0.1) is 0 Å². The summed E-state index contributed by atoms with van der Waals surface area (Å²) < 4.78 is 28.2. The van der Waals surface area contributed by atoms with E-state index in [-0.39, 0.29) is 0 Å². The third-order valence-electron chi connectivity index (χ3n) is 27.4. The predicted octanol–water partition coefficient (Wildman–Crippen LogP) is 14.5. The molecule has 22 aromatic rings. The smallest absolute Gasteiger partial charge is 0.246 e. The number of amides is 5. The number of primary amides is 5. The molecule has 11 N–H and O–H groups in total. The maximum atomic E-state index is 11.9. The van der Waals surface area contributed by atoms with E-state index in [1.807, 2.05) is 189 Å². The summed E-state index contributed by atoms with van der Waals surface area (Å²) in [6.07, 6.45) is 56.1. The standard InChI is InChI=1S/C22H21N7O.C21H20N8O.C21H17N7OS.C20H16N8OS.C20H17N7OS/c23-18(30)7-6-16-12-24-19-8-3-14(13-28(16)19)22-21(25-20-2-1-10-27(20)22)17-9-11-29(26-17)15-4-5-15;22-17(30)7-6-16-14(5-8-18-23-12-24-29(16)18)21-20(25-19-2-1-10-27(19)21)15-9-11-28(26-15)13-3-4-13;22-17(29)5-4-16-14(3-6-18-23-8-10-26(16)18)20-19(24-21-27(20)11-12-30-21)15-7-9-28(25-15)13-1-2-13;21-16(29)5-4-15-13(3-6-17-22-11-23-28(15)17)19-18(24-20-26(19)9-10-30-20)14-7-8-27(25-14)12-1-2-12;21-19(28)16-13-9-11(1-4-14(13)22-10-23-16)18-17(24-20-26(18)7-8-29-20)15-5-6-27(25-15)12-2-3-12/h3,6-9,11-13,15H,1-2,4-5,10H2,(H2,23,30);5-9,11-13H,1-4,10H2,(H2,22,30);3-13H,1-2H2,(H2,22,29);3-12H,1-2H2,(H2,21,29);1,4-10,12,16H,2-3H2,(H2,21,28)(H,22,23)/b2*7-6+;2*5-4+;. The average molecular weight is 2040 g/mol. The lowest BCUT2D eigenvalue weighted by molar-refractivity contribution is -0.119. The molecule has 0 saturated heterocycles. The van der Waals surface area contributed by atoms with Gasteiger partial charge in [-0.05, 0) is 192 Å². The lowest BCUT2D eigenvalue weighted by Crippen LogP contribution is -2.24. The molecule has 1 unspecified atom stereocenters. The van der Waals surface area contributed by atoms with Gasteiger partial charge in [0, 0.05) is 174 Å². The normalized spacial score (nSPS) is 15.7. The summed E-state index contributed by atoms with van der Waals surface area (Å²) in [5.74, 6) is -0.336. The van der Waals surface area contributed by atoms with Crippen molar-refractivity contribution in [1.82, 2.24) is 144 Å². The molecule has 30 rings (SSSR count). The summed E-state index contributed by atoms with van der Waals surface area (Å²) in [7, 11) is 0. The van der Waals surface area contributed by atoms with Crippen molar-refractivity contribution in [3.05, 3.63) is 265 Å². The molecule has 3 aliphatic heterocycles. The van der Waals surface area contributed by atoms with Gasteiger partial charge in [0.15, 0.2) is 32.2 Å². The van der Waals surface area contributed by atoms with E-state index < -0.39 is 35.6 Å². The predicted molar refractivity (Wildman–Crippen MR) is 562 cm³/mol. The van der Waals surface area contributed by atoms with Crippen LogP contribution in [0.1, 0.15) is 153 Å². The number of anilines is 1. The molecule has 149 heavy (non-hydrogen) atoms. The van der Waals surface area contributed by atoms with Crippen LogP contribution in [0.15, 0.2) is 230 Å². The molecule has 0 radical (unpaired) electrons. The Balaban J connectivity index is 0.0000000941. The van der Waals surface area contributed by atoms with Crippen LogP contribution >= 0.6 is 34.0 Å². The summed E-state index contributed by atoms with van der Waals surface area (Å²) in [6.45, 7) is 1.85. The zero-order valence-electron chi connectivity index (χ0n) is 79.5. The van der Waals surface area contributed by atoms with Crippen molar-refractivity contribution >= 4 is 137 Å². The molecule has 24 heterocycles. The number of nitrogens with one attached hydrogen (secondary N) is 1. The SMILES string of the molecule is NC(=O)/C=C/c1c(-c2c(-c3ccn(C4CC4)n3)nc3n2CCC3)ccc2ncnn12.NC(=O)/C=C/c1c(-c2c(-c3ccn(C4CC4)n3)nc3sccn23)ccc2nccn12.NC(=O)/C=C/c1c(-c2c(-c3ccn(C4CC4)n3)nc3sccn23)ccc2ncnn12.NC(=O)/C=C/c1cnc2ccc(-c3c(-c4ccn(C5CC5)n4)nc4n3CCC4)cn12.NC(=O)C1N=CNc2ccc(-c3c(-c4ccn(C5CC5)n4)nc4sccn34)cc21. The molecule has 42 nitrogen and oxygen atoms in total. The van der Waals surface area contributed by atoms with Gasteiger partial charge in [-0.3, -0.25) is 74.4 Å². The molecule has 5 amide bonds. The molecular weight excluding hydrogens is 1940 g/mol. The number of aryl methyl sites for hydroxylation is 2. The minimum absolute atomic E-state index is 0.474. The molecule has 5 saturated carbocycles. The Kier molecular flexibility index (Phi) is 22.5. The van der Waals surface area contributed by atoms with E-state index in [0.717, 1.165) is 231 Å². The number of nitrogens with zero attached hydrogens (tertiary/aromatic N) is 31. The van der Waals surface area contributed by atoms with Crippen LogP contribution < -0.4 is 34.0 Å². The Morgan fingerprint density at radius 2 is 0.779 bits per heavy atom. The number of thiazole rings is 3. The fourth-order valence-corrected chi connectivity index (χ4v) is 21.8. The summed E-state index contributed by atoms with van der Waals surface area (Å²) in [5, 5.41) is 41.7. The Morgan fingerprint density at radius 1 is 0.376 bits per heavy atom. The summed E-state index contributed by atoms with van der Waals surface area (Å²) in [4.78, 5) is 106. The van der Waals surface area contributed by atoms with Gasteiger partial charge >= 0.3 is 0 Å². The molecule has 5 fully saturated rings. The molecule has 1 atom stereocenters. The highest BCUT2D eigenvalue weighted by atomic mass is 32.1. The number of carbonyl (C=O) groups excluding carboxylic acids is 5. The second-order valence-electron chi connectivity index (χ2n) is 37.5. The van der Waals surface area contributed by atoms with Gasteiger partial charge < -0.3 is 43.1 Å². The third-order valence-corrected chi connectivity index (χ3v) is 29.7. The number of pyridine rings is 4. The Bertz CT molecular complexity index is 9040. The second-order valence-corrected chi connectivity index (χ2v) is 40.1. The van der Waals surface area contributed by atoms with Crippen molar-refractivity contribution in [3.8, 4) is 113 Å². The van der Waals surface area contributed by atoms with E-state index in [0.29, 0.717) is 47.2 Å².